The van der Waals surface area contributed by atoms with Crippen LogP contribution in [0.2, 0.25) is 0 Å². The van der Waals surface area contributed by atoms with Crippen LogP contribution in [0.25, 0.3) is 0 Å². The van der Waals surface area contributed by atoms with Gasteiger partial charge in [-0.25, -0.2) is 0 Å². The fourth-order valence-electron chi connectivity index (χ4n) is 1.54. The maximum Gasteiger partial charge on any atom is 0.155 e. The molecule has 0 saturated carbocycles. The second-order valence-corrected chi connectivity index (χ2v) is 3.32. The summed E-state index contributed by atoms with van der Waals surface area (Å²) >= 11 is 0. The molecule has 1 aliphatic rings. The van der Waals surface area contributed by atoms with Crippen molar-refractivity contribution >= 4 is 5.78 Å². The molecule has 0 amide bonds. The van der Waals surface area contributed by atoms with Crippen molar-refractivity contribution in [2.45, 2.75) is 39.0 Å². The largest absolute Gasteiger partial charge is 0.295 e. The molecule has 1 aliphatic carbocycles. The molecule has 0 heterocycles. The van der Waals surface area contributed by atoms with Crippen molar-refractivity contribution in [2.24, 2.45) is 5.92 Å². The summed E-state index contributed by atoms with van der Waals surface area (Å²) in [4.78, 5) is 10.9. The lowest BCUT2D eigenvalue weighted by Crippen LogP contribution is -2.10. The molecule has 62 valence electrons. The SMILES string of the molecule is CCCC[C@@H]1CC=CC(=O)C1. The molecule has 0 aromatic carbocycles. The summed E-state index contributed by atoms with van der Waals surface area (Å²) in [6.07, 6.45) is 9.39. The second-order valence-electron chi connectivity index (χ2n) is 3.32. The zero-order chi connectivity index (χ0) is 8.10. The van der Waals surface area contributed by atoms with Gasteiger partial charge in [0.05, 0.1) is 0 Å². The third kappa shape index (κ3) is 2.87. The quantitative estimate of drug-likeness (QED) is 0.607. The van der Waals surface area contributed by atoms with Gasteiger partial charge in [0.25, 0.3) is 0 Å². The standard InChI is InChI=1S/C10H16O/c1-2-3-5-9-6-4-7-10(11)8-9/h4,7,9H,2-3,5-6,8H2,1H3/t9-/m1/s1. The van der Waals surface area contributed by atoms with Crippen LogP contribution < -0.4 is 0 Å². The number of hydrogen-bond acceptors (Lipinski definition) is 1. The van der Waals surface area contributed by atoms with Gasteiger partial charge in [-0.3, -0.25) is 4.79 Å². The van der Waals surface area contributed by atoms with Crippen molar-refractivity contribution in [2.75, 3.05) is 0 Å². The summed E-state index contributed by atoms with van der Waals surface area (Å²) in [6.45, 7) is 2.19. The molecule has 0 fully saturated rings. The fraction of sp³-hybridized carbons (Fsp3) is 0.700. The van der Waals surface area contributed by atoms with E-state index in [-0.39, 0.29) is 0 Å². The van der Waals surface area contributed by atoms with Gasteiger partial charge in [0, 0.05) is 6.42 Å². The zero-order valence-corrected chi connectivity index (χ0v) is 7.18. The predicted molar refractivity (Wildman–Crippen MR) is 46.4 cm³/mol. The second kappa shape index (κ2) is 4.32. The Bertz CT molecular complexity index is 158. The number of rotatable bonds is 3. The highest BCUT2D eigenvalue weighted by Gasteiger charge is 2.13. The van der Waals surface area contributed by atoms with Gasteiger partial charge >= 0.3 is 0 Å². The maximum absolute atomic E-state index is 10.9. The first-order valence-electron chi connectivity index (χ1n) is 4.52. The van der Waals surface area contributed by atoms with Gasteiger partial charge in [0.2, 0.25) is 0 Å². The highest BCUT2D eigenvalue weighted by atomic mass is 16.1. The Hall–Kier alpha value is -0.590. The first kappa shape index (κ1) is 8.51. The monoisotopic (exact) mass is 152 g/mol. The van der Waals surface area contributed by atoms with Gasteiger partial charge in [-0.05, 0) is 24.8 Å². The van der Waals surface area contributed by atoms with E-state index in [4.69, 9.17) is 0 Å². The Labute approximate surface area is 68.5 Å². The van der Waals surface area contributed by atoms with Crippen LogP contribution in [0, 0.1) is 5.92 Å². The van der Waals surface area contributed by atoms with Crippen LogP contribution in [-0.4, -0.2) is 5.78 Å². The minimum Gasteiger partial charge on any atom is -0.295 e. The van der Waals surface area contributed by atoms with Gasteiger partial charge in [-0.1, -0.05) is 25.8 Å². The molecule has 0 aromatic heterocycles. The third-order valence-corrected chi connectivity index (χ3v) is 2.23. The Kier molecular flexibility index (Phi) is 3.34. The van der Waals surface area contributed by atoms with Crippen LogP contribution in [0.5, 0.6) is 0 Å². The summed E-state index contributed by atoms with van der Waals surface area (Å²) in [5.41, 5.74) is 0. The third-order valence-electron chi connectivity index (χ3n) is 2.23. The van der Waals surface area contributed by atoms with E-state index in [0.29, 0.717) is 11.7 Å². The smallest absolute Gasteiger partial charge is 0.155 e. The Morgan fingerprint density at radius 1 is 1.64 bits per heavy atom. The molecule has 1 heteroatoms. The van der Waals surface area contributed by atoms with Gasteiger partial charge in [-0.2, -0.15) is 0 Å². The molecule has 11 heavy (non-hydrogen) atoms. The number of carbonyl (C=O) groups is 1. The summed E-state index contributed by atoms with van der Waals surface area (Å²) in [5.74, 6) is 0.963. The molecule has 1 rings (SSSR count). The minimum absolute atomic E-state index is 0.317. The van der Waals surface area contributed by atoms with Gasteiger partial charge in [0.1, 0.15) is 0 Å². The van der Waals surface area contributed by atoms with E-state index in [9.17, 15) is 4.79 Å². The number of unbranched alkanes of at least 4 members (excludes halogenated alkanes) is 1. The molecular weight excluding hydrogens is 136 g/mol. The van der Waals surface area contributed by atoms with Crippen molar-refractivity contribution in [1.82, 2.24) is 0 Å². The highest BCUT2D eigenvalue weighted by Crippen LogP contribution is 2.21. The van der Waals surface area contributed by atoms with Gasteiger partial charge in [0.15, 0.2) is 5.78 Å². The highest BCUT2D eigenvalue weighted by molar-refractivity contribution is 5.90. The number of allylic oxidation sites excluding steroid dienone is 2. The van der Waals surface area contributed by atoms with Crippen LogP contribution in [0.15, 0.2) is 12.2 Å². The average Bonchev–Trinajstić information content (AvgIpc) is 2.01. The van der Waals surface area contributed by atoms with Crippen LogP contribution in [0.3, 0.4) is 0 Å². The lowest BCUT2D eigenvalue weighted by Gasteiger charge is -2.15. The van der Waals surface area contributed by atoms with Gasteiger partial charge in [-0.15, -0.1) is 0 Å². The van der Waals surface area contributed by atoms with Crippen LogP contribution in [-0.2, 0) is 4.79 Å². The summed E-state index contributed by atoms with van der Waals surface area (Å²) in [7, 11) is 0. The van der Waals surface area contributed by atoms with E-state index in [0.717, 1.165) is 12.8 Å². The molecule has 0 aliphatic heterocycles. The minimum atomic E-state index is 0.317. The van der Waals surface area contributed by atoms with Crippen molar-refractivity contribution in [1.29, 1.82) is 0 Å². The van der Waals surface area contributed by atoms with Crippen molar-refractivity contribution < 1.29 is 4.79 Å². The normalized spacial score (nSPS) is 24.1. The molecular formula is C10H16O. The molecule has 0 N–H and O–H groups in total. The number of carbonyl (C=O) groups excluding carboxylic acids is 1. The van der Waals surface area contributed by atoms with E-state index in [2.05, 4.69) is 6.92 Å². The summed E-state index contributed by atoms with van der Waals surface area (Å²) < 4.78 is 0. The van der Waals surface area contributed by atoms with E-state index in [1.54, 1.807) is 6.08 Å². The maximum atomic E-state index is 10.9. The van der Waals surface area contributed by atoms with E-state index >= 15 is 0 Å². The average molecular weight is 152 g/mol. The number of hydrogen-bond donors (Lipinski definition) is 0. The molecule has 0 spiro atoms. The Morgan fingerprint density at radius 3 is 3.09 bits per heavy atom. The van der Waals surface area contributed by atoms with Crippen molar-refractivity contribution in [3.05, 3.63) is 12.2 Å². The number of ketones is 1. The Morgan fingerprint density at radius 2 is 2.45 bits per heavy atom. The lowest BCUT2D eigenvalue weighted by molar-refractivity contribution is -0.115. The Balaban J connectivity index is 2.26. The molecule has 0 radical (unpaired) electrons. The van der Waals surface area contributed by atoms with Crippen LogP contribution >= 0.6 is 0 Å². The van der Waals surface area contributed by atoms with Gasteiger partial charge < -0.3 is 0 Å². The molecule has 0 aromatic rings. The summed E-state index contributed by atoms with van der Waals surface area (Å²) in [5, 5.41) is 0. The topological polar surface area (TPSA) is 17.1 Å². The van der Waals surface area contributed by atoms with Crippen molar-refractivity contribution in [3.8, 4) is 0 Å². The fourth-order valence-corrected chi connectivity index (χ4v) is 1.54. The molecule has 0 saturated heterocycles. The summed E-state index contributed by atoms with van der Waals surface area (Å²) in [6, 6.07) is 0. The molecule has 0 bridgehead atoms. The molecule has 1 atom stereocenters. The molecule has 1 nitrogen and oxygen atoms in total. The van der Waals surface area contributed by atoms with Crippen molar-refractivity contribution in [3.63, 3.8) is 0 Å². The first-order valence-corrected chi connectivity index (χ1v) is 4.52. The molecule has 0 unspecified atom stereocenters. The zero-order valence-electron chi connectivity index (χ0n) is 7.18. The predicted octanol–water partition coefficient (Wildman–Crippen LogP) is 2.71. The van der Waals surface area contributed by atoms with Crippen LogP contribution in [0.4, 0.5) is 0 Å². The van der Waals surface area contributed by atoms with E-state index < -0.39 is 0 Å². The van der Waals surface area contributed by atoms with E-state index in [1.165, 1.54) is 19.3 Å². The van der Waals surface area contributed by atoms with E-state index in [1.807, 2.05) is 6.08 Å². The van der Waals surface area contributed by atoms with Crippen LogP contribution in [0.1, 0.15) is 39.0 Å². The first-order chi connectivity index (χ1) is 5.33. The lowest BCUT2D eigenvalue weighted by atomic mass is 9.89.